The van der Waals surface area contributed by atoms with Crippen LogP contribution in [-0.2, 0) is 11.2 Å². The minimum Gasteiger partial charge on any atom is -0.339 e. The first-order valence-corrected chi connectivity index (χ1v) is 7.49. The highest BCUT2D eigenvalue weighted by atomic mass is 19.1. The van der Waals surface area contributed by atoms with Gasteiger partial charge in [-0.25, -0.2) is 4.39 Å². The van der Waals surface area contributed by atoms with Crippen LogP contribution < -0.4 is 5.32 Å². The highest BCUT2D eigenvalue weighted by Crippen LogP contribution is 2.15. The molecule has 2 heterocycles. The molecule has 3 rings (SSSR count). The molecule has 0 saturated heterocycles. The molecule has 122 valence electrons. The van der Waals surface area contributed by atoms with Crippen molar-refractivity contribution in [2.45, 2.75) is 19.3 Å². The molecule has 1 N–H and O–H groups in total. The Balaban J connectivity index is 1.47. The van der Waals surface area contributed by atoms with E-state index in [9.17, 15) is 9.18 Å². The van der Waals surface area contributed by atoms with E-state index in [1.807, 2.05) is 0 Å². The molecule has 0 atom stereocenters. The van der Waals surface area contributed by atoms with E-state index >= 15 is 0 Å². The molecule has 6 nitrogen and oxygen atoms in total. The van der Waals surface area contributed by atoms with Gasteiger partial charge in [-0.15, -0.1) is 0 Å². The molecule has 24 heavy (non-hydrogen) atoms. The molecule has 0 aliphatic carbocycles. The van der Waals surface area contributed by atoms with Gasteiger partial charge in [0.25, 0.3) is 0 Å². The Labute approximate surface area is 137 Å². The summed E-state index contributed by atoms with van der Waals surface area (Å²) in [4.78, 5) is 20.1. The van der Waals surface area contributed by atoms with Crippen LogP contribution in [0.2, 0.25) is 0 Å². The maximum Gasteiger partial charge on any atom is 0.226 e. The fourth-order valence-electron chi connectivity index (χ4n) is 2.13. The summed E-state index contributed by atoms with van der Waals surface area (Å²) in [5.74, 6) is 0.504. The number of aromatic nitrogens is 3. The van der Waals surface area contributed by atoms with Crippen LogP contribution in [0.25, 0.3) is 11.4 Å². The van der Waals surface area contributed by atoms with Crippen LogP contribution in [0.5, 0.6) is 0 Å². The van der Waals surface area contributed by atoms with Crippen LogP contribution in [0.4, 0.5) is 10.1 Å². The van der Waals surface area contributed by atoms with Crippen molar-refractivity contribution >= 4 is 11.6 Å². The summed E-state index contributed by atoms with van der Waals surface area (Å²) < 4.78 is 18.0. The number of halogens is 1. The first-order chi connectivity index (χ1) is 11.7. The second-order valence-electron chi connectivity index (χ2n) is 5.16. The van der Waals surface area contributed by atoms with Gasteiger partial charge in [0.2, 0.25) is 17.6 Å². The minimum absolute atomic E-state index is 0.143. The van der Waals surface area contributed by atoms with E-state index in [0.717, 1.165) is 5.56 Å². The van der Waals surface area contributed by atoms with Gasteiger partial charge < -0.3 is 9.84 Å². The number of nitrogens with zero attached hydrogens (tertiary/aromatic N) is 3. The zero-order valence-corrected chi connectivity index (χ0v) is 12.8. The highest BCUT2D eigenvalue weighted by Gasteiger charge is 2.09. The predicted molar refractivity (Wildman–Crippen MR) is 85.5 cm³/mol. The van der Waals surface area contributed by atoms with Gasteiger partial charge >= 0.3 is 0 Å². The molecule has 0 unspecified atom stereocenters. The van der Waals surface area contributed by atoms with Crippen molar-refractivity contribution in [1.29, 1.82) is 0 Å². The Hall–Kier alpha value is -3.09. The van der Waals surface area contributed by atoms with Crippen LogP contribution in [0.3, 0.4) is 0 Å². The number of anilines is 1. The van der Waals surface area contributed by atoms with E-state index < -0.39 is 0 Å². The Morgan fingerprint density at radius 3 is 2.62 bits per heavy atom. The first-order valence-electron chi connectivity index (χ1n) is 7.49. The van der Waals surface area contributed by atoms with Crippen molar-refractivity contribution in [1.82, 2.24) is 15.1 Å². The summed E-state index contributed by atoms with van der Waals surface area (Å²) >= 11 is 0. The summed E-state index contributed by atoms with van der Waals surface area (Å²) in [5, 5.41) is 6.62. The molecule has 0 radical (unpaired) electrons. The monoisotopic (exact) mass is 326 g/mol. The molecule has 0 bridgehead atoms. The lowest BCUT2D eigenvalue weighted by Crippen LogP contribution is -2.11. The molecule has 3 aromatic rings. The maximum absolute atomic E-state index is 12.8. The Bertz CT molecular complexity index is 803. The van der Waals surface area contributed by atoms with Crippen molar-refractivity contribution in [3.05, 3.63) is 60.5 Å². The van der Waals surface area contributed by atoms with Gasteiger partial charge in [-0.1, -0.05) is 5.16 Å². The molecule has 2 aromatic heterocycles. The summed E-state index contributed by atoms with van der Waals surface area (Å²) in [5.41, 5.74) is 1.40. The molecular weight excluding hydrogens is 311 g/mol. The van der Waals surface area contributed by atoms with Crippen molar-refractivity contribution in [2.24, 2.45) is 0 Å². The third-order valence-corrected chi connectivity index (χ3v) is 3.33. The van der Waals surface area contributed by atoms with E-state index in [1.165, 1.54) is 24.3 Å². The van der Waals surface area contributed by atoms with E-state index in [0.29, 0.717) is 36.7 Å². The summed E-state index contributed by atoms with van der Waals surface area (Å²) in [6.45, 7) is 0. The van der Waals surface area contributed by atoms with Crippen LogP contribution >= 0.6 is 0 Å². The fraction of sp³-hybridized carbons (Fsp3) is 0.176. The minimum atomic E-state index is -0.339. The van der Waals surface area contributed by atoms with Gasteiger partial charge in [0.15, 0.2) is 0 Å². The second-order valence-corrected chi connectivity index (χ2v) is 5.16. The smallest absolute Gasteiger partial charge is 0.226 e. The third-order valence-electron chi connectivity index (χ3n) is 3.33. The molecule has 0 aliphatic heterocycles. The zero-order chi connectivity index (χ0) is 16.8. The van der Waals surface area contributed by atoms with Crippen molar-refractivity contribution in [3.63, 3.8) is 0 Å². The molecule has 0 fully saturated rings. The maximum atomic E-state index is 12.8. The van der Waals surface area contributed by atoms with E-state index in [-0.39, 0.29) is 11.7 Å². The van der Waals surface area contributed by atoms with Gasteiger partial charge in [0.05, 0.1) is 0 Å². The molecule has 0 saturated carbocycles. The lowest BCUT2D eigenvalue weighted by atomic mass is 10.2. The van der Waals surface area contributed by atoms with Crippen LogP contribution in [0.15, 0.2) is 53.3 Å². The number of pyridine rings is 1. The molecule has 7 heteroatoms. The van der Waals surface area contributed by atoms with Gasteiger partial charge in [0.1, 0.15) is 5.82 Å². The average molecular weight is 326 g/mol. The average Bonchev–Trinajstić information content (AvgIpc) is 3.07. The van der Waals surface area contributed by atoms with E-state index in [4.69, 9.17) is 4.52 Å². The largest absolute Gasteiger partial charge is 0.339 e. The number of aryl methyl sites for hydroxylation is 1. The zero-order valence-electron chi connectivity index (χ0n) is 12.8. The van der Waals surface area contributed by atoms with E-state index in [2.05, 4.69) is 20.4 Å². The van der Waals surface area contributed by atoms with Crippen LogP contribution in [-0.4, -0.2) is 21.0 Å². The number of rotatable bonds is 6. The van der Waals surface area contributed by atoms with Crippen LogP contribution in [0, 0.1) is 5.82 Å². The van der Waals surface area contributed by atoms with Gasteiger partial charge in [-0.3, -0.25) is 9.78 Å². The summed E-state index contributed by atoms with van der Waals surface area (Å²) in [6, 6.07) is 9.23. The second kappa shape index (κ2) is 7.45. The molecule has 1 aromatic carbocycles. The number of carbonyl (C=O) groups excluding carboxylic acids is 1. The number of amides is 1. The Morgan fingerprint density at radius 2 is 1.88 bits per heavy atom. The lowest BCUT2D eigenvalue weighted by Gasteiger charge is -2.04. The Kier molecular flexibility index (Phi) is 4.90. The van der Waals surface area contributed by atoms with E-state index in [1.54, 1.807) is 24.5 Å². The standard InChI is InChI=1S/C17H15FN4O2/c18-13-4-6-14(7-5-13)20-15(23)2-1-3-16-21-17(22-24-16)12-8-10-19-11-9-12/h4-11H,1-3H2,(H,20,23). The number of benzene rings is 1. The number of hydrogen-bond acceptors (Lipinski definition) is 5. The van der Waals surface area contributed by atoms with Crippen molar-refractivity contribution < 1.29 is 13.7 Å². The van der Waals surface area contributed by atoms with Crippen LogP contribution in [0.1, 0.15) is 18.7 Å². The molecule has 1 amide bonds. The lowest BCUT2D eigenvalue weighted by molar-refractivity contribution is -0.116. The predicted octanol–water partition coefficient (Wildman–Crippen LogP) is 3.23. The quantitative estimate of drug-likeness (QED) is 0.752. The number of hydrogen-bond donors (Lipinski definition) is 1. The molecule has 0 aliphatic rings. The normalized spacial score (nSPS) is 10.5. The third kappa shape index (κ3) is 4.22. The Morgan fingerprint density at radius 1 is 1.12 bits per heavy atom. The SMILES string of the molecule is O=C(CCCc1nc(-c2ccncc2)no1)Nc1ccc(F)cc1. The van der Waals surface area contributed by atoms with Crippen molar-refractivity contribution in [3.8, 4) is 11.4 Å². The van der Waals surface area contributed by atoms with Crippen molar-refractivity contribution in [2.75, 3.05) is 5.32 Å². The van der Waals surface area contributed by atoms with Gasteiger partial charge in [-0.05, 0) is 42.8 Å². The fourth-order valence-corrected chi connectivity index (χ4v) is 2.13. The topological polar surface area (TPSA) is 80.9 Å². The van der Waals surface area contributed by atoms with Gasteiger partial charge in [0, 0.05) is 36.5 Å². The summed E-state index contributed by atoms with van der Waals surface area (Å²) in [6.07, 6.45) is 4.71. The number of nitrogens with one attached hydrogen (secondary N) is 1. The highest BCUT2D eigenvalue weighted by molar-refractivity contribution is 5.90. The summed E-state index contributed by atoms with van der Waals surface area (Å²) in [7, 11) is 0. The van der Waals surface area contributed by atoms with Gasteiger partial charge in [-0.2, -0.15) is 4.98 Å². The molecular formula is C17H15FN4O2. The molecule has 0 spiro atoms. The number of carbonyl (C=O) groups is 1. The first kappa shape index (κ1) is 15.8.